The molecule has 4 nitrogen and oxygen atoms in total. The normalized spacial score (nSPS) is 12.5. The maximum absolute atomic E-state index is 11.8. The van der Waals surface area contributed by atoms with Crippen LogP contribution in [0.15, 0.2) is 53.3 Å². The van der Waals surface area contributed by atoms with Gasteiger partial charge in [-0.25, -0.2) is 5.10 Å². The number of ether oxygens (including phenoxy) is 1. The van der Waals surface area contributed by atoms with E-state index in [4.69, 9.17) is 4.74 Å². The minimum Gasteiger partial charge on any atom is -0.377 e. The molecule has 4 heteroatoms. The molecule has 0 radical (unpaired) electrons. The average molecular weight is 280 g/mol. The second-order valence-electron chi connectivity index (χ2n) is 4.95. The van der Waals surface area contributed by atoms with E-state index in [2.05, 4.69) is 10.2 Å². The van der Waals surface area contributed by atoms with E-state index in [9.17, 15) is 4.79 Å². The van der Waals surface area contributed by atoms with Crippen LogP contribution in [-0.2, 0) is 4.74 Å². The molecule has 0 bridgehead atoms. The monoisotopic (exact) mass is 280 g/mol. The lowest BCUT2D eigenvalue weighted by molar-refractivity contribution is 0.119. The van der Waals surface area contributed by atoms with Gasteiger partial charge in [-0.3, -0.25) is 4.79 Å². The van der Waals surface area contributed by atoms with Crippen LogP contribution < -0.4 is 5.56 Å². The Kier molecular flexibility index (Phi) is 3.54. The Morgan fingerprint density at radius 3 is 2.62 bits per heavy atom. The van der Waals surface area contributed by atoms with Crippen molar-refractivity contribution in [1.29, 1.82) is 0 Å². The SMILES string of the molecule is CO[C@@H](C)c1cccc(-c2n[nH]c(=O)c3ccccc23)c1. The molecule has 0 aliphatic rings. The number of benzene rings is 2. The molecular weight excluding hydrogens is 264 g/mol. The first-order chi connectivity index (χ1) is 10.2. The molecule has 3 rings (SSSR count). The lowest BCUT2D eigenvalue weighted by Gasteiger charge is -2.11. The maximum Gasteiger partial charge on any atom is 0.272 e. The van der Waals surface area contributed by atoms with Crippen LogP contribution in [0.4, 0.5) is 0 Å². The Bertz CT molecular complexity index is 839. The Morgan fingerprint density at radius 2 is 1.86 bits per heavy atom. The molecule has 2 aromatic carbocycles. The van der Waals surface area contributed by atoms with Crippen molar-refractivity contribution in [2.24, 2.45) is 0 Å². The van der Waals surface area contributed by atoms with Gasteiger partial charge in [0.25, 0.3) is 5.56 Å². The summed E-state index contributed by atoms with van der Waals surface area (Å²) >= 11 is 0. The summed E-state index contributed by atoms with van der Waals surface area (Å²) in [4.78, 5) is 11.8. The van der Waals surface area contributed by atoms with Crippen molar-refractivity contribution >= 4 is 10.8 Å². The Morgan fingerprint density at radius 1 is 1.10 bits per heavy atom. The highest BCUT2D eigenvalue weighted by atomic mass is 16.5. The van der Waals surface area contributed by atoms with Gasteiger partial charge in [0.05, 0.1) is 17.2 Å². The Balaban J connectivity index is 2.22. The van der Waals surface area contributed by atoms with E-state index in [-0.39, 0.29) is 11.7 Å². The van der Waals surface area contributed by atoms with Crippen LogP contribution in [0.2, 0.25) is 0 Å². The topological polar surface area (TPSA) is 55.0 Å². The summed E-state index contributed by atoms with van der Waals surface area (Å²) in [6, 6.07) is 15.5. The van der Waals surface area contributed by atoms with Crippen molar-refractivity contribution in [1.82, 2.24) is 10.2 Å². The molecular formula is C17H16N2O2. The summed E-state index contributed by atoms with van der Waals surface area (Å²) in [5.74, 6) is 0. The Hall–Kier alpha value is -2.46. The molecule has 0 fully saturated rings. The number of rotatable bonds is 3. The number of aromatic amines is 1. The number of H-pyrrole nitrogens is 1. The molecule has 106 valence electrons. The average Bonchev–Trinajstić information content (AvgIpc) is 2.55. The van der Waals surface area contributed by atoms with Crippen molar-refractivity contribution in [3.8, 4) is 11.3 Å². The van der Waals surface area contributed by atoms with Gasteiger partial charge in [-0.2, -0.15) is 5.10 Å². The van der Waals surface area contributed by atoms with Crippen LogP contribution in [0.1, 0.15) is 18.6 Å². The predicted molar refractivity (Wildman–Crippen MR) is 83.2 cm³/mol. The quantitative estimate of drug-likeness (QED) is 0.801. The van der Waals surface area contributed by atoms with E-state index in [1.807, 2.05) is 49.4 Å². The highest BCUT2D eigenvalue weighted by Crippen LogP contribution is 2.27. The number of hydrogen-bond donors (Lipinski definition) is 1. The zero-order valence-corrected chi connectivity index (χ0v) is 12.0. The molecule has 0 unspecified atom stereocenters. The molecule has 0 amide bonds. The van der Waals surface area contributed by atoms with E-state index in [0.717, 1.165) is 22.2 Å². The van der Waals surface area contributed by atoms with Gasteiger partial charge in [0, 0.05) is 18.1 Å². The number of nitrogens with one attached hydrogen (secondary N) is 1. The molecule has 1 N–H and O–H groups in total. The number of hydrogen-bond acceptors (Lipinski definition) is 3. The standard InChI is InChI=1S/C17H16N2O2/c1-11(21-2)12-6-5-7-13(10-12)16-14-8-3-4-9-15(14)17(20)19-18-16/h3-11H,1-2H3,(H,19,20)/t11-/m0/s1. The minimum absolute atomic E-state index is 0.0129. The van der Waals surface area contributed by atoms with E-state index in [1.165, 1.54) is 0 Å². The van der Waals surface area contributed by atoms with Gasteiger partial charge in [-0.15, -0.1) is 0 Å². The number of fused-ring (bicyclic) bond motifs is 1. The third kappa shape index (κ3) is 2.45. The van der Waals surface area contributed by atoms with Gasteiger partial charge in [-0.05, 0) is 24.6 Å². The molecule has 1 heterocycles. The van der Waals surface area contributed by atoms with Crippen LogP contribution in [0.3, 0.4) is 0 Å². The van der Waals surface area contributed by atoms with Gasteiger partial charge in [0.1, 0.15) is 0 Å². The Labute approximate surface area is 122 Å². The molecule has 0 aliphatic carbocycles. The van der Waals surface area contributed by atoms with Crippen molar-refractivity contribution in [2.45, 2.75) is 13.0 Å². The van der Waals surface area contributed by atoms with Crippen LogP contribution in [0.5, 0.6) is 0 Å². The number of aromatic nitrogens is 2. The van der Waals surface area contributed by atoms with E-state index >= 15 is 0 Å². The van der Waals surface area contributed by atoms with Crippen LogP contribution >= 0.6 is 0 Å². The van der Waals surface area contributed by atoms with Gasteiger partial charge in [0.2, 0.25) is 0 Å². The molecule has 0 saturated carbocycles. The second kappa shape index (κ2) is 5.50. The summed E-state index contributed by atoms with van der Waals surface area (Å²) in [7, 11) is 1.69. The first kappa shape index (κ1) is 13.5. The lowest BCUT2D eigenvalue weighted by Crippen LogP contribution is -2.09. The minimum atomic E-state index is -0.171. The van der Waals surface area contributed by atoms with Gasteiger partial charge in [0.15, 0.2) is 0 Å². The summed E-state index contributed by atoms with van der Waals surface area (Å²) in [5, 5.41) is 8.29. The third-order valence-electron chi connectivity index (χ3n) is 3.68. The highest BCUT2D eigenvalue weighted by Gasteiger charge is 2.10. The fraction of sp³-hybridized carbons (Fsp3) is 0.176. The van der Waals surface area contributed by atoms with Crippen molar-refractivity contribution in [3.63, 3.8) is 0 Å². The molecule has 0 aliphatic heterocycles. The largest absolute Gasteiger partial charge is 0.377 e. The smallest absolute Gasteiger partial charge is 0.272 e. The summed E-state index contributed by atoms with van der Waals surface area (Å²) in [6.45, 7) is 2.00. The van der Waals surface area contributed by atoms with Crippen molar-refractivity contribution in [2.75, 3.05) is 7.11 Å². The molecule has 0 saturated heterocycles. The summed E-state index contributed by atoms with van der Waals surface area (Å²) < 4.78 is 5.36. The maximum atomic E-state index is 11.8. The first-order valence-corrected chi connectivity index (χ1v) is 6.81. The van der Waals surface area contributed by atoms with E-state index in [0.29, 0.717) is 5.39 Å². The second-order valence-corrected chi connectivity index (χ2v) is 4.95. The van der Waals surface area contributed by atoms with Crippen molar-refractivity contribution in [3.05, 3.63) is 64.4 Å². The fourth-order valence-corrected chi connectivity index (χ4v) is 2.41. The van der Waals surface area contributed by atoms with Crippen molar-refractivity contribution < 1.29 is 4.74 Å². The zero-order chi connectivity index (χ0) is 14.8. The first-order valence-electron chi connectivity index (χ1n) is 6.81. The molecule has 0 spiro atoms. The van der Waals surface area contributed by atoms with Crippen LogP contribution in [0.25, 0.3) is 22.0 Å². The van der Waals surface area contributed by atoms with E-state index in [1.54, 1.807) is 13.2 Å². The molecule has 3 aromatic rings. The van der Waals surface area contributed by atoms with Gasteiger partial charge in [-0.1, -0.05) is 36.4 Å². The van der Waals surface area contributed by atoms with Crippen LogP contribution in [0, 0.1) is 0 Å². The lowest BCUT2D eigenvalue weighted by atomic mass is 10.0. The van der Waals surface area contributed by atoms with Gasteiger partial charge < -0.3 is 4.74 Å². The number of methoxy groups -OCH3 is 1. The van der Waals surface area contributed by atoms with E-state index < -0.39 is 0 Å². The zero-order valence-electron chi connectivity index (χ0n) is 12.0. The number of nitrogens with zero attached hydrogens (tertiary/aromatic N) is 1. The highest BCUT2D eigenvalue weighted by molar-refractivity contribution is 5.93. The predicted octanol–water partition coefficient (Wildman–Crippen LogP) is 3.30. The fourth-order valence-electron chi connectivity index (χ4n) is 2.41. The summed E-state index contributed by atoms with van der Waals surface area (Å²) in [6.07, 6.45) is 0.0129. The molecule has 1 aromatic heterocycles. The van der Waals surface area contributed by atoms with Gasteiger partial charge >= 0.3 is 0 Å². The molecule has 21 heavy (non-hydrogen) atoms. The van der Waals surface area contributed by atoms with Crippen LogP contribution in [-0.4, -0.2) is 17.3 Å². The molecule has 1 atom stereocenters. The summed E-state index contributed by atoms with van der Waals surface area (Å²) in [5.41, 5.74) is 2.64. The third-order valence-corrected chi connectivity index (χ3v) is 3.68.